The van der Waals surface area contributed by atoms with Crippen molar-refractivity contribution in [3.63, 3.8) is 0 Å². The number of carbonyl (C=O) groups excluding carboxylic acids is 3. The first-order valence-corrected chi connectivity index (χ1v) is 13.2. The van der Waals surface area contributed by atoms with E-state index in [-0.39, 0.29) is 32.5 Å². The maximum Gasteiger partial charge on any atom is 0.410 e. The van der Waals surface area contributed by atoms with Crippen molar-refractivity contribution < 1.29 is 23.9 Å². The molecule has 1 aromatic carbocycles. The summed E-state index contributed by atoms with van der Waals surface area (Å²) in [6, 6.07) is 13.8. The fourth-order valence-electron chi connectivity index (χ4n) is 4.52. The van der Waals surface area contributed by atoms with Gasteiger partial charge in [-0.05, 0) is 44.4 Å². The Morgan fingerprint density at radius 2 is 1.83 bits per heavy atom. The third kappa shape index (κ3) is 7.59. The second-order valence-corrected chi connectivity index (χ2v) is 10.7. The molecule has 1 aliphatic heterocycles. The SMILES string of the molecule is C.CN(C)C(=O)[C@@H]1CCCN1C(=O)OCc1cccc2nnc([C@@H](COCc3ccccc3)NC(=O)C(C)(C)N)n12. The van der Waals surface area contributed by atoms with Gasteiger partial charge in [-0.1, -0.05) is 43.8 Å². The molecule has 12 heteroatoms. The summed E-state index contributed by atoms with van der Waals surface area (Å²) in [5.74, 6) is -0.101. The average Bonchev–Trinajstić information content (AvgIpc) is 3.59. The van der Waals surface area contributed by atoms with E-state index in [1.54, 1.807) is 50.5 Å². The van der Waals surface area contributed by atoms with Gasteiger partial charge in [0.25, 0.3) is 0 Å². The Bertz CT molecular complexity index is 1340. The number of likely N-dealkylation sites (N-methyl/N-ethyl adjacent to an activating group) is 1. The van der Waals surface area contributed by atoms with Crippen molar-refractivity contribution in [1.82, 2.24) is 29.7 Å². The third-order valence-electron chi connectivity index (χ3n) is 6.69. The molecule has 4 rings (SSSR count). The minimum atomic E-state index is -1.13. The number of carbonyl (C=O) groups is 3. The van der Waals surface area contributed by atoms with Gasteiger partial charge in [0.05, 0.1) is 24.4 Å². The molecule has 0 saturated carbocycles. The molecule has 3 aromatic rings. The Labute approximate surface area is 240 Å². The van der Waals surface area contributed by atoms with Gasteiger partial charge in [-0.3, -0.25) is 18.9 Å². The van der Waals surface area contributed by atoms with Gasteiger partial charge in [-0.25, -0.2) is 4.79 Å². The number of aromatic nitrogens is 3. The van der Waals surface area contributed by atoms with Crippen molar-refractivity contribution in [1.29, 1.82) is 0 Å². The standard InChI is InChI=1S/C28H37N7O5.CH4/c1-28(2,29)26(37)30-21(18-39-16-19-10-6-5-7-11-19)24-32-31-23-14-8-12-20(35(23)24)17-40-27(38)34-15-9-13-22(34)25(36)33(3)4;/h5-8,10-12,14,21-22H,9,13,15-18,29H2,1-4H3,(H,30,37);1H4/t21-,22+;/m1./s1. The maximum atomic E-state index is 13.0. The predicted molar refractivity (Wildman–Crippen MR) is 154 cm³/mol. The third-order valence-corrected chi connectivity index (χ3v) is 6.69. The van der Waals surface area contributed by atoms with Crippen molar-refractivity contribution in [3.05, 3.63) is 65.6 Å². The number of likely N-dealkylation sites (tertiary alicyclic amines) is 1. The van der Waals surface area contributed by atoms with Crippen LogP contribution in [0.2, 0.25) is 0 Å². The first-order chi connectivity index (χ1) is 19.1. The van der Waals surface area contributed by atoms with Crippen LogP contribution in [-0.4, -0.2) is 81.1 Å². The molecule has 1 aliphatic rings. The summed E-state index contributed by atoms with van der Waals surface area (Å²) in [5, 5.41) is 11.6. The summed E-state index contributed by atoms with van der Waals surface area (Å²) < 4.78 is 13.4. The minimum Gasteiger partial charge on any atom is -0.443 e. The lowest BCUT2D eigenvalue weighted by Crippen LogP contribution is -2.51. The van der Waals surface area contributed by atoms with E-state index in [1.165, 1.54) is 9.80 Å². The molecule has 0 unspecified atom stereocenters. The van der Waals surface area contributed by atoms with E-state index in [0.29, 0.717) is 36.7 Å². The van der Waals surface area contributed by atoms with Gasteiger partial charge in [0, 0.05) is 20.6 Å². The van der Waals surface area contributed by atoms with Crippen LogP contribution in [0.4, 0.5) is 4.79 Å². The lowest BCUT2D eigenvalue weighted by atomic mass is 10.1. The monoisotopic (exact) mass is 567 g/mol. The lowest BCUT2D eigenvalue weighted by molar-refractivity contribution is -0.133. The highest BCUT2D eigenvalue weighted by atomic mass is 16.6. The Kier molecular flexibility index (Phi) is 10.4. The van der Waals surface area contributed by atoms with Crippen molar-refractivity contribution in [3.8, 4) is 0 Å². The molecule has 1 fully saturated rings. The van der Waals surface area contributed by atoms with Crippen LogP contribution in [0.5, 0.6) is 0 Å². The number of hydrogen-bond donors (Lipinski definition) is 2. The first kappa shape index (κ1) is 31.5. The summed E-state index contributed by atoms with van der Waals surface area (Å²) in [5.41, 5.74) is 7.01. The molecular formula is C29H41N7O5. The molecule has 3 heterocycles. The molecule has 3 amide bonds. The summed E-state index contributed by atoms with van der Waals surface area (Å²) >= 11 is 0. The normalized spacial score (nSPS) is 15.7. The van der Waals surface area contributed by atoms with Crippen LogP contribution in [0.1, 0.15) is 57.2 Å². The molecule has 12 nitrogen and oxygen atoms in total. The van der Waals surface area contributed by atoms with E-state index in [9.17, 15) is 14.4 Å². The predicted octanol–water partition coefficient (Wildman–Crippen LogP) is 2.67. The second-order valence-electron chi connectivity index (χ2n) is 10.7. The number of nitrogens with one attached hydrogen (secondary N) is 1. The highest BCUT2D eigenvalue weighted by molar-refractivity contribution is 5.86. The van der Waals surface area contributed by atoms with Crippen molar-refractivity contribution in [2.24, 2.45) is 5.73 Å². The smallest absolute Gasteiger partial charge is 0.410 e. The van der Waals surface area contributed by atoms with E-state index in [4.69, 9.17) is 15.2 Å². The molecule has 0 aliphatic carbocycles. The Balaban J connectivity index is 0.00000462. The van der Waals surface area contributed by atoms with E-state index < -0.39 is 23.7 Å². The van der Waals surface area contributed by atoms with Crippen molar-refractivity contribution in [2.45, 2.75) is 65.0 Å². The van der Waals surface area contributed by atoms with Gasteiger partial charge in [0.15, 0.2) is 11.5 Å². The van der Waals surface area contributed by atoms with Crippen LogP contribution in [-0.2, 0) is 32.3 Å². The minimum absolute atomic E-state index is 0. The number of rotatable bonds is 10. The van der Waals surface area contributed by atoms with Crippen LogP contribution in [0.15, 0.2) is 48.5 Å². The summed E-state index contributed by atoms with van der Waals surface area (Å²) in [6.45, 7) is 4.03. The van der Waals surface area contributed by atoms with E-state index >= 15 is 0 Å². The molecule has 3 N–H and O–H groups in total. The number of nitrogens with zero attached hydrogens (tertiary/aromatic N) is 5. The van der Waals surface area contributed by atoms with Gasteiger partial charge in [0.2, 0.25) is 11.8 Å². The second kappa shape index (κ2) is 13.6. The molecule has 41 heavy (non-hydrogen) atoms. The van der Waals surface area contributed by atoms with Gasteiger partial charge in [-0.15, -0.1) is 10.2 Å². The van der Waals surface area contributed by atoms with E-state index in [1.807, 2.05) is 30.3 Å². The molecular weight excluding hydrogens is 526 g/mol. The molecule has 1 saturated heterocycles. The highest BCUT2D eigenvalue weighted by Crippen LogP contribution is 2.22. The number of hydrogen-bond acceptors (Lipinski definition) is 8. The van der Waals surface area contributed by atoms with Crippen LogP contribution in [0, 0.1) is 0 Å². The largest absolute Gasteiger partial charge is 0.443 e. The van der Waals surface area contributed by atoms with Crippen LogP contribution in [0.25, 0.3) is 5.65 Å². The molecule has 222 valence electrons. The Morgan fingerprint density at radius 3 is 2.51 bits per heavy atom. The van der Waals surface area contributed by atoms with Crippen LogP contribution in [0.3, 0.4) is 0 Å². The van der Waals surface area contributed by atoms with Crippen LogP contribution >= 0.6 is 0 Å². The topological polar surface area (TPSA) is 144 Å². The Hall–Kier alpha value is -4.03. The molecule has 2 atom stereocenters. The zero-order chi connectivity index (χ0) is 28.9. The first-order valence-electron chi connectivity index (χ1n) is 13.2. The number of nitrogens with two attached hydrogens (primary N) is 1. The zero-order valence-corrected chi connectivity index (χ0v) is 23.4. The Morgan fingerprint density at radius 1 is 1.10 bits per heavy atom. The summed E-state index contributed by atoms with van der Waals surface area (Å²) in [6.07, 6.45) is 0.760. The summed E-state index contributed by atoms with van der Waals surface area (Å²) in [4.78, 5) is 41.3. The van der Waals surface area contributed by atoms with Gasteiger partial charge >= 0.3 is 6.09 Å². The van der Waals surface area contributed by atoms with Gasteiger partial charge in [0.1, 0.15) is 18.7 Å². The number of fused-ring (bicyclic) bond motifs is 1. The highest BCUT2D eigenvalue weighted by Gasteiger charge is 2.36. The van der Waals surface area contributed by atoms with Crippen molar-refractivity contribution in [2.75, 3.05) is 27.2 Å². The fourth-order valence-corrected chi connectivity index (χ4v) is 4.52. The van der Waals surface area contributed by atoms with Crippen LogP contribution < -0.4 is 11.1 Å². The van der Waals surface area contributed by atoms with Gasteiger partial charge < -0.3 is 25.4 Å². The number of amides is 3. The number of ether oxygens (including phenoxy) is 2. The van der Waals surface area contributed by atoms with Crippen molar-refractivity contribution >= 4 is 23.6 Å². The average molecular weight is 568 g/mol. The molecule has 0 spiro atoms. The quantitative estimate of drug-likeness (QED) is 0.381. The number of benzene rings is 1. The van der Waals surface area contributed by atoms with E-state index in [0.717, 1.165) is 12.0 Å². The maximum absolute atomic E-state index is 13.0. The number of pyridine rings is 1. The molecule has 0 bridgehead atoms. The molecule has 0 radical (unpaired) electrons. The molecule has 2 aromatic heterocycles. The van der Waals surface area contributed by atoms with Gasteiger partial charge in [-0.2, -0.15) is 0 Å². The zero-order valence-electron chi connectivity index (χ0n) is 23.4. The fraction of sp³-hybridized carbons (Fsp3) is 0.483. The lowest BCUT2D eigenvalue weighted by Gasteiger charge is -2.26. The van der Waals surface area contributed by atoms with E-state index in [2.05, 4.69) is 15.5 Å². The summed E-state index contributed by atoms with van der Waals surface area (Å²) in [7, 11) is 3.34.